The Labute approximate surface area is 206 Å². The number of pyridine rings is 1. The molecule has 1 amide bonds. The Hall–Kier alpha value is -3.73. The van der Waals surface area contributed by atoms with Gasteiger partial charge in [-0.05, 0) is 41.3 Å². The molecule has 0 radical (unpaired) electrons. The van der Waals surface area contributed by atoms with Crippen molar-refractivity contribution in [2.24, 2.45) is 0 Å². The fraction of sp³-hybridized carbons (Fsp3) is 0.321. The second-order valence-corrected chi connectivity index (χ2v) is 8.91. The van der Waals surface area contributed by atoms with E-state index in [4.69, 9.17) is 10.00 Å². The lowest BCUT2D eigenvalue weighted by Gasteiger charge is -2.39. The summed E-state index contributed by atoms with van der Waals surface area (Å²) < 4.78 is 5.33. The third kappa shape index (κ3) is 6.24. The maximum absolute atomic E-state index is 13.2. The van der Waals surface area contributed by atoms with Crippen LogP contribution < -0.4 is 15.5 Å². The van der Waals surface area contributed by atoms with Crippen LogP contribution in [0.1, 0.15) is 35.4 Å². The van der Waals surface area contributed by atoms with E-state index in [-0.39, 0.29) is 23.8 Å². The Morgan fingerprint density at radius 3 is 2.46 bits per heavy atom. The van der Waals surface area contributed by atoms with E-state index in [1.165, 1.54) is 0 Å². The number of methoxy groups -OCH3 is 1. The number of nitriles is 1. The van der Waals surface area contributed by atoms with Gasteiger partial charge < -0.3 is 20.3 Å². The molecular weight excluding hydrogens is 438 g/mol. The van der Waals surface area contributed by atoms with Gasteiger partial charge in [-0.25, -0.2) is 4.98 Å². The van der Waals surface area contributed by atoms with Crippen molar-refractivity contribution < 1.29 is 9.53 Å². The molecule has 4 rings (SSSR count). The molecular formula is C28H31N5O2. The van der Waals surface area contributed by atoms with Crippen LogP contribution in [0.5, 0.6) is 0 Å². The highest BCUT2D eigenvalue weighted by molar-refractivity contribution is 5.95. The molecule has 1 aromatic heterocycles. The number of anilines is 2. The maximum Gasteiger partial charge on any atom is 0.234 e. The number of aromatic nitrogens is 1. The van der Waals surface area contributed by atoms with E-state index in [1.54, 1.807) is 13.3 Å². The lowest BCUT2D eigenvalue weighted by atomic mass is 9.96. The molecule has 0 aliphatic carbocycles. The summed E-state index contributed by atoms with van der Waals surface area (Å²) in [6, 6.07) is 23.4. The molecule has 2 atom stereocenters. The van der Waals surface area contributed by atoms with Crippen molar-refractivity contribution in [1.82, 2.24) is 10.3 Å². The first-order valence-electron chi connectivity index (χ1n) is 11.9. The van der Waals surface area contributed by atoms with Gasteiger partial charge >= 0.3 is 0 Å². The van der Waals surface area contributed by atoms with Crippen molar-refractivity contribution in [2.75, 3.05) is 43.5 Å². The Balaban J connectivity index is 1.36. The number of carbonyl (C=O) groups excluding carboxylic acids is 1. The van der Waals surface area contributed by atoms with Gasteiger partial charge in [0.25, 0.3) is 0 Å². The van der Waals surface area contributed by atoms with Crippen LogP contribution in [0, 0.1) is 11.3 Å². The average molecular weight is 470 g/mol. The first kappa shape index (κ1) is 24.4. The third-order valence-electron chi connectivity index (χ3n) is 6.47. The van der Waals surface area contributed by atoms with E-state index in [0.29, 0.717) is 24.5 Å². The molecule has 1 fully saturated rings. The number of amides is 1. The van der Waals surface area contributed by atoms with E-state index < -0.39 is 0 Å². The zero-order chi connectivity index (χ0) is 24.6. The van der Waals surface area contributed by atoms with Crippen LogP contribution in [0.4, 0.5) is 11.5 Å². The standard InChI is InChI=1S/C28H31N5O2/c1-20(22-10-8-21(14-29)9-11-22)15-30-17-26(23-6-4-3-5-7-23)28(34)32-27-13-12-24(16-31-27)33-18-25(19-33)35-2/h3-13,16,20,25-26,30H,15,17-19H2,1-2H3,(H,31,32,34)/t20-,26?/m1/s1. The van der Waals surface area contributed by atoms with Crippen molar-refractivity contribution >= 4 is 17.4 Å². The second kappa shape index (κ2) is 11.6. The molecule has 35 heavy (non-hydrogen) atoms. The molecule has 7 nitrogen and oxygen atoms in total. The van der Waals surface area contributed by atoms with Crippen LogP contribution in [-0.4, -0.2) is 50.3 Å². The predicted molar refractivity (Wildman–Crippen MR) is 138 cm³/mol. The first-order chi connectivity index (χ1) is 17.1. The van der Waals surface area contributed by atoms with Crippen LogP contribution in [0.25, 0.3) is 0 Å². The van der Waals surface area contributed by atoms with Gasteiger partial charge in [-0.15, -0.1) is 0 Å². The number of nitrogens with one attached hydrogen (secondary N) is 2. The topological polar surface area (TPSA) is 90.3 Å². The maximum atomic E-state index is 13.2. The molecule has 0 bridgehead atoms. The highest BCUT2D eigenvalue weighted by Crippen LogP contribution is 2.23. The summed E-state index contributed by atoms with van der Waals surface area (Å²) in [7, 11) is 1.73. The summed E-state index contributed by atoms with van der Waals surface area (Å²) >= 11 is 0. The molecule has 1 saturated heterocycles. The van der Waals surface area contributed by atoms with Gasteiger partial charge in [0.05, 0.1) is 35.5 Å². The van der Waals surface area contributed by atoms with Crippen molar-refractivity contribution in [2.45, 2.75) is 24.9 Å². The Bertz CT molecular complexity index is 1140. The molecule has 180 valence electrons. The predicted octanol–water partition coefficient (Wildman–Crippen LogP) is 3.90. The van der Waals surface area contributed by atoms with Gasteiger partial charge in [0.15, 0.2) is 0 Å². The van der Waals surface area contributed by atoms with Crippen molar-refractivity contribution in [3.05, 3.63) is 89.6 Å². The van der Waals surface area contributed by atoms with Gasteiger partial charge in [-0.1, -0.05) is 49.4 Å². The zero-order valence-corrected chi connectivity index (χ0v) is 20.1. The number of hydrogen-bond donors (Lipinski definition) is 2. The van der Waals surface area contributed by atoms with Gasteiger partial charge in [-0.2, -0.15) is 5.26 Å². The summed E-state index contributed by atoms with van der Waals surface area (Å²) in [5.41, 5.74) is 3.78. The van der Waals surface area contributed by atoms with Crippen molar-refractivity contribution in [1.29, 1.82) is 5.26 Å². The molecule has 1 aliphatic rings. The fourth-order valence-electron chi connectivity index (χ4n) is 4.15. The van der Waals surface area contributed by atoms with Gasteiger partial charge in [0.2, 0.25) is 5.91 Å². The third-order valence-corrected chi connectivity index (χ3v) is 6.47. The number of rotatable bonds is 10. The lowest BCUT2D eigenvalue weighted by molar-refractivity contribution is -0.117. The van der Waals surface area contributed by atoms with E-state index in [9.17, 15) is 4.79 Å². The van der Waals surface area contributed by atoms with Gasteiger partial charge in [-0.3, -0.25) is 4.79 Å². The monoisotopic (exact) mass is 469 g/mol. The number of hydrogen-bond acceptors (Lipinski definition) is 6. The number of benzene rings is 2. The molecule has 2 aromatic carbocycles. The normalized spacial score (nSPS) is 15.1. The molecule has 0 saturated carbocycles. The number of ether oxygens (including phenoxy) is 1. The van der Waals surface area contributed by atoms with E-state index in [2.05, 4.69) is 33.5 Å². The summed E-state index contributed by atoms with van der Waals surface area (Å²) in [5.74, 6) is 0.326. The minimum atomic E-state index is -0.358. The Kier molecular flexibility index (Phi) is 8.09. The summed E-state index contributed by atoms with van der Waals surface area (Å²) in [5, 5.41) is 15.4. The second-order valence-electron chi connectivity index (χ2n) is 8.91. The van der Waals surface area contributed by atoms with Crippen LogP contribution in [0.2, 0.25) is 0 Å². The van der Waals surface area contributed by atoms with Gasteiger partial charge in [0.1, 0.15) is 5.82 Å². The Morgan fingerprint density at radius 1 is 1.09 bits per heavy atom. The molecule has 2 N–H and O–H groups in total. The fourth-order valence-corrected chi connectivity index (χ4v) is 4.15. The molecule has 7 heteroatoms. The first-order valence-corrected chi connectivity index (χ1v) is 11.9. The molecule has 2 heterocycles. The summed E-state index contributed by atoms with van der Waals surface area (Å²) in [6.45, 7) is 5.05. The zero-order valence-electron chi connectivity index (χ0n) is 20.1. The summed E-state index contributed by atoms with van der Waals surface area (Å²) in [4.78, 5) is 19.9. The minimum Gasteiger partial charge on any atom is -0.378 e. The molecule has 1 unspecified atom stereocenters. The average Bonchev–Trinajstić information content (AvgIpc) is 2.87. The van der Waals surface area contributed by atoms with Crippen molar-refractivity contribution in [3.8, 4) is 6.07 Å². The molecule has 1 aliphatic heterocycles. The number of carbonyl (C=O) groups is 1. The minimum absolute atomic E-state index is 0.0987. The largest absolute Gasteiger partial charge is 0.378 e. The van der Waals surface area contributed by atoms with Crippen LogP contribution in [-0.2, 0) is 9.53 Å². The van der Waals surface area contributed by atoms with Crippen LogP contribution in [0.15, 0.2) is 72.9 Å². The van der Waals surface area contributed by atoms with E-state index in [1.807, 2.05) is 66.7 Å². The quantitative estimate of drug-likeness (QED) is 0.468. The van der Waals surface area contributed by atoms with E-state index in [0.717, 1.165) is 29.9 Å². The molecule has 0 spiro atoms. The van der Waals surface area contributed by atoms with Crippen molar-refractivity contribution in [3.63, 3.8) is 0 Å². The number of nitrogens with zero attached hydrogens (tertiary/aromatic N) is 3. The molecule has 3 aromatic rings. The Morgan fingerprint density at radius 2 is 1.83 bits per heavy atom. The van der Waals surface area contributed by atoms with E-state index >= 15 is 0 Å². The van der Waals surface area contributed by atoms with Gasteiger partial charge in [0, 0.05) is 33.3 Å². The lowest BCUT2D eigenvalue weighted by Crippen LogP contribution is -2.51. The highest BCUT2D eigenvalue weighted by Gasteiger charge is 2.27. The summed E-state index contributed by atoms with van der Waals surface area (Å²) in [6.07, 6.45) is 2.06. The smallest absolute Gasteiger partial charge is 0.234 e. The SMILES string of the molecule is COC1CN(c2ccc(NC(=O)C(CNC[C@@H](C)c3ccc(C#N)cc3)c3ccccc3)nc2)C1. The van der Waals surface area contributed by atoms with Crippen LogP contribution >= 0.6 is 0 Å². The highest BCUT2D eigenvalue weighted by atomic mass is 16.5. The van der Waals surface area contributed by atoms with Crippen LogP contribution in [0.3, 0.4) is 0 Å².